The van der Waals surface area contributed by atoms with Gasteiger partial charge in [0.05, 0.1) is 0 Å². The van der Waals surface area contributed by atoms with Crippen molar-refractivity contribution >= 4 is 22.6 Å². The van der Waals surface area contributed by atoms with Gasteiger partial charge in [0.1, 0.15) is 0 Å². The molecule has 0 saturated carbocycles. The van der Waals surface area contributed by atoms with Crippen LogP contribution in [0.1, 0.15) is 11.1 Å². The van der Waals surface area contributed by atoms with Gasteiger partial charge in [-0.3, -0.25) is 0 Å². The maximum absolute atomic E-state index is 3.89. The van der Waals surface area contributed by atoms with E-state index in [1.807, 2.05) is 18.2 Å². The Kier molecular flexibility index (Phi) is 2.51. The number of rotatable bonds is 1. The molecule has 0 heterocycles. The van der Waals surface area contributed by atoms with Gasteiger partial charge in [0.25, 0.3) is 0 Å². The predicted molar refractivity (Wildman–Crippen MR) is 48.6 cm³/mol. The zero-order valence-electron chi connectivity index (χ0n) is 5.10. The Bertz CT molecular complexity index is 194. The number of alkyl halides is 1. The quantitative estimate of drug-likeness (QED) is 0.515. The largest absolute Gasteiger partial charge is 0.0812 e. The summed E-state index contributed by atoms with van der Waals surface area (Å²) >= 11 is 2.34. The van der Waals surface area contributed by atoms with Crippen LogP contribution in [0, 0.1) is 6.92 Å². The van der Waals surface area contributed by atoms with Crippen LogP contribution in [0.25, 0.3) is 0 Å². The fourth-order valence-electron chi connectivity index (χ4n) is 0.688. The van der Waals surface area contributed by atoms with E-state index in [4.69, 9.17) is 0 Å². The third-order valence-electron chi connectivity index (χ3n) is 1.26. The molecule has 1 radical (unpaired) electrons. The topological polar surface area (TPSA) is 0 Å². The van der Waals surface area contributed by atoms with Crippen molar-refractivity contribution in [2.75, 3.05) is 0 Å². The number of hydrogen-bond acceptors (Lipinski definition) is 0. The van der Waals surface area contributed by atoms with E-state index in [0.717, 1.165) is 9.99 Å². The second-order valence-electron chi connectivity index (χ2n) is 1.90. The maximum Gasteiger partial charge on any atom is 0.0249 e. The summed E-state index contributed by atoms with van der Waals surface area (Å²) in [5.41, 5.74) is 2.48. The molecule has 1 aromatic carbocycles. The highest BCUT2D eigenvalue weighted by Crippen LogP contribution is 2.10. The van der Waals surface area contributed by atoms with E-state index in [0.29, 0.717) is 0 Å². The van der Waals surface area contributed by atoms with Gasteiger partial charge in [-0.15, -0.1) is 0 Å². The molecule has 0 unspecified atom stereocenters. The van der Waals surface area contributed by atoms with Gasteiger partial charge in [0, 0.05) is 4.43 Å². The van der Waals surface area contributed by atoms with Crippen LogP contribution < -0.4 is 0 Å². The van der Waals surface area contributed by atoms with Crippen LogP contribution in [0.15, 0.2) is 24.3 Å². The SMILES string of the molecule is [CH2]c1ccccc1CI. The monoisotopic (exact) mass is 231 g/mol. The molecule has 0 saturated heterocycles. The van der Waals surface area contributed by atoms with Crippen LogP contribution >= 0.6 is 22.6 Å². The van der Waals surface area contributed by atoms with Gasteiger partial charge in [-0.25, -0.2) is 0 Å². The fourth-order valence-corrected chi connectivity index (χ4v) is 1.43. The number of hydrogen-bond donors (Lipinski definition) is 0. The van der Waals surface area contributed by atoms with Crippen molar-refractivity contribution in [2.24, 2.45) is 0 Å². The van der Waals surface area contributed by atoms with Crippen molar-refractivity contribution in [1.82, 2.24) is 0 Å². The van der Waals surface area contributed by atoms with Crippen LogP contribution in [-0.2, 0) is 4.43 Å². The third-order valence-corrected chi connectivity index (χ3v) is 2.08. The maximum atomic E-state index is 3.89. The lowest BCUT2D eigenvalue weighted by molar-refractivity contribution is 1.40. The predicted octanol–water partition coefficient (Wildman–Crippen LogP) is 2.80. The molecule has 0 N–H and O–H groups in total. The highest BCUT2D eigenvalue weighted by Gasteiger charge is 1.90. The molecule has 0 bridgehead atoms. The molecular weight excluding hydrogens is 223 g/mol. The molecule has 9 heavy (non-hydrogen) atoms. The molecule has 0 atom stereocenters. The number of benzene rings is 1. The smallest absolute Gasteiger partial charge is 0.0249 e. The highest BCUT2D eigenvalue weighted by atomic mass is 127. The van der Waals surface area contributed by atoms with Crippen molar-refractivity contribution in [3.8, 4) is 0 Å². The lowest BCUT2D eigenvalue weighted by atomic mass is 10.1. The van der Waals surface area contributed by atoms with Gasteiger partial charge in [0.2, 0.25) is 0 Å². The molecule has 0 spiro atoms. The van der Waals surface area contributed by atoms with E-state index in [2.05, 4.69) is 35.6 Å². The highest BCUT2D eigenvalue weighted by molar-refractivity contribution is 14.1. The second kappa shape index (κ2) is 3.20. The van der Waals surface area contributed by atoms with Crippen molar-refractivity contribution in [3.63, 3.8) is 0 Å². The summed E-state index contributed by atoms with van der Waals surface area (Å²) in [6.07, 6.45) is 0. The molecular formula is C8H8I. The molecule has 0 nitrogen and oxygen atoms in total. The first-order chi connectivity index (χ1) is 4.34. The van der Waals surface area contributed by atoms with Crippen LogP contribution in [0.5, 0.6) is 0 Å². The average molecular weight is 231 g/mol. The first-order valence-corrected chi connectivity index (χ1v) is 4.33. The van der Waals surface area contributed by atoms with Gasteiger partial charge >= 0.3 is 0 Å². The average Bonchev–Trinajstić information content (AvgIpc) is 1.89. The summed E-state index contributed by atoms with van der Waals surface area (Å²) in [6, 6.07) is 8.20. The van der Waals surface area contributed by atoms with Crippen LogP contribution in [0.2, 0.25) is 0 Å². The first-order valence-electron chi connectivity index (χ1n) is 2.80. The lowest BCUT2D eigenvalue weighted by Gasteiger charge is -1.97. The summed E-state index contributed by atoms with van der Waals surface area (Å²) in [5, 5.41) is 0. The molecule has 1 heteroatoms. The van der Waals surface area contributed by atoms with E-state index in [-0.39, 0.29) is 0 Å². The molecule has 0 aliphatic carbocycles. The van der Waals surface area contributed by atoms with E-state index in [1.165, 1.54) is 5.56 Å². The van der Waals surface area contributed by atoms with Gasteiger partial charge in [-0.2, -0.15) is 0 Å². The summed E-state index contributed by atoms with van der Waals surface area (Å²) in [6.45, 7) is 3.89. The van der Waals surface area contributed by atoms with E-state index in [1.54, 1.807) is 0 Å². The minimum atomic E-state index is 1.05. The molecule has 0 aliphatic rings. The molecule has 0 amide bonds. The summed E-state index contributed by atoms with van der Waals surface area (Å²) in [5.74, 6) is 0. The van der Waals surface area contributed by atoms with E-state index in [9.17, 15) is 0 Å². The van der Waals surface area contributed by atoms with Crippen molar-refractivity contribution in [1.29, 1.82) is 0 Å². The summed E-state index contributed by atoms with van der Waals surface area (Å²) in [4.78, 5) is 0. The van der Waals surface area contributed by atoms with Crippen molar-refractivity contribution in [3.05, 3.63) is 42.3 Å². The van der Waals surface area contributed by atoms with Crippen LogP contribution in [0.3, 0.4) is 0 Å². The molecule has 1 aromatic rings. The minimum absolute atomic E-state index is 1.05. The first kappa shape index (κ1) is 7.06. The van der Waals surface area contributed by atoms with Crippen molar-refractivity contribution in [2.45, 2.75) is 4.43 Å². The molecule has 47 valence electrons. The molecule has 1 rings (SSSR count). The van der Waals surface area contributed by atoms with Crippen LogP contribution in [0.4, 0.5) is 0 Å². The Morgan fingerprint density at radius 3 is 2.44 bits per heavy atom. The van der Waals surface area contributed by atoms with Gasteiger partial charge in [0.15, 0.2) is 0 Å². The fraction of sp³-hybridized carbons (Fsp3) is 0.125. The minimum Gasteiger partial charge on any atom is -0.0812 e. The Morgan fingerprint density at radius 2 is 2.00 bits per heavy atom. The van der Waals surface area contributed by atoms with Gasteiger partial charge < -0.3 is 0 Å². The summed E-state index contributed by atoms with van der Waals surface area (Å²) < 4.78 is 1.05. The molecule has 0 aromatic heterocycles. The van der Waals surface area contributed by atoms with Gasteiger partial charge in [-0.05, 0) is 18.1 Å². The zero-order valence-corrected chi connectivity index (χ0v) is 7.26. The van der Waals surface area contributed by atoms with Crippen LogP contribution in [-0.4, -0.2) is 0 Å². The van der Waals surface area contributed by atoms with E-state index < -0.39 is 0 Å². The lowest BCUT2D eigenvalue weighted by Crippen LogP contribution is -1.80. The van der Waals surface area contributed by atoms with Crippen molar-refractivity contribution < 1.29 is 0 Å². The van der Waals surface area contributed by atoms with E-state index >= 15 is 0 Å². The normalized spacial score (nSPS) is 9.56. The Hall–Kier alpha value is -0.0500. The number of halogens is 1. The standard InChI is InChI=1S/C8H8I/c1-7-4-2-3-5-8(7)6-9/h2-5H,1,6H2. The molecule has 0 fully saturated rings. The second-order valence-corrected chi connectivity index (χ2v) is 2.67. The molecule has 0 aliphatic heterocycles. The Labute approximate surface area is 69.4 Å². The zero-order chi connectivity index (χ0) is 6.69. The van der Waals surface area contributed by atoms with Gasteiger partial charge in [-0.1, -0.05) is 46.9 Å². The third kappa shape index (κ3) is 1.68. The summed E-state index contributed by atoms with van der Waals surface area (Å²) in [7, 11) is 0. The Balaban J connectivity index is 3.01. The Morgan fingerprint density at radius 1 is 1.33 bits per heavy atom.